The van der Waals surface area contributed by atoms with E-state index in [1.54, 1.807) is 0 Å². The zero-order chi connectivity index (χ0) is 17.9. The Bertz CT molecular complexity index is 953. The number of rotatable bonds is 3. The Balaban J connectivity index is 1.45. The van der Waals surface area contributed by atoms with Gasteiger partial charge in [0.15, 0.2) is 0 Å². The molecule has 0 saturated heterocycles. The monoisotopic (exact) mass is 347 g/mol. The predicted molar refractivity (Wildman–Crippen MR) is 103 cm³/mol. The van der Waals surface area contributed by atoms with Crippen LogP contribution in [-0.2, 0) is 6.54 Å². The molecule has 0 fully saturated rings. The number of aryl methyl sites for hydroxylation is 2. The van der Waals surface area contributed by atoms with Crippen LogP contribution < -0.4 is 10.6 Å². The summed E-state index contributed by atoms with van der Waals surface area (Å²) in [5.74, 6) is 1.25. The first kappa shape index (κ1) is 16.4. The number of fused-ring (bicyclic) bond motifs is 1. The molecule has 3 aromatic rings. The van der Waals surface area contributed by atoms with Crippen LogP contribution in [0.4, 0.5) is 5.95 Å². The summed E-state index contributed by atoms with van der Waals surface area (Å²) in [6.07, 6.45) is 1.81. The van der Waals surface area contributed by atoms with Gasteiger partial charge in [0.25, 0.3) is 0 Å². The van der Waals surface area contributed by atoms with E-state index in [2.05, 4.69) is 54.5 Å². The van der Waals surface area contributed by atoms with Gasteiger partial charge in [-0.25, -0.2) is 15.0 Å². The minimum Gasteiger partial charge on any atom is -0.343 e. The Morgan fingerprint density at radius 1 is 1.15 bits per heavy atom. The second kappa shape index (κ2) is 7.05. The van der Waals surface area contributed by atoms with Crippen molar-refractivity contribution in [1.29, 1.82) is 0 Å². The summed E-state index contributed by atoms with van der Waals surface area (Å²) >= 11 is 0. The minimum atomic E-state index is 0.559. The van der Waals surface area contributed by atoms with Gasteiger partial charge < -0.3 is 5.32 Å². The van der Waals surface area contributed by atoms with Crippen LogP contribution in [0.1, 0.15) is 17.0 Å². The maximum Gasteiger partial charge on any atom is 0.230 e. The first-order chi connectivity index (χ1) is 12.7. The molecule has 132 valence electrons. The molecule has 1 aliphatic heterocycles. The summed E-state index contributed by atoms with van der Waals surface area (Å²) in [5, 5.41) is 7.54. The van der Waals surface area contributed by atoms with Gasteiger partial charge in [-0.05, 0) is 38.1 Å². The maximum absolute atomic E-state index is 4.59. The normalized spacial score (nSPS) is 14.8. The van der Waals surface area contributed by atoms with E-state index in [4.69, 9.17) is 0 Å². The van der Waals surface area contributed by atoms with Crippen LogP contribution in [0.2, 0.25) is 0 Å². The Hall–Kier alpha value is -3.06. The van der Waals surface area contributed by atoms with Gasteiger partial charge in [0, 0.05) is 18.1 Å². The summed E-state index contributed by atoms with van der Waals surface area (Å²) in [5.41, 5.74) is 4.12. The molecule has 4 rings (SSSR count). The van der Waals surface area contributed by atoms with Crippen LogP contribution in [0.5, 0.6) is 0 Å². The average Bonchev–Trinajstić information content (AvgIpc) is 2.65. The van der Waals surface area contributed by atoms with Crippen LogP contribution in [0, 0.1) is 13.8 Å². The third kappa shape index (κ3) is 3.62. The molecule has 26 heavy (non-hydrogen) atoms. The predicted octanol–water partition coefficient (Wildman–Crippen LogP) is 2.43. The molecule has 0 radical (unpaired) electrons. The first-order valence-corrected chi connectivity index (χ1v) is 8.60. The second-order valence-corrected chi connectivity index (χ2v) is 6.41. The molecule has 3 heterocycles. The molecule has 0 bridgehead atoms. The third-order valence-electron chi connectivity index (χ3n) is 4.28. The fraction of sp³-hybridized carbons (Fsp3) is 0.263. The number of hydrogen-bond acceptors (Lipinski definition) is 7. The van der Waals surface area contributed by atoms with E-state index in [-0.39, 0.29) is 0 Å². The molecule has 0 atom stereocenters. The lowest BCUT2D eigenvalue weighted by Crippen LogP contribution is -2.45. The summed E-state index contributed by atoms with van der Waals surface area (Å²) in [6, 6.07) is 12.1. The highest BCUT2D eigenvalue weighted by Gasteiger charge is 2.14. The van der Waals surface area contributed by atoms with Crippen molar-refractivity contribution >= 4 is 22.8 Å². The molecular weight excluding hydrogens is 326 g/mol. The van der Waals surface area contributed by atoms with Crippen molar-refractivity contribution < 1.29 is 0 Å². The van der Waals surface area contributed by atoms with Crippen molar-refractivity contribution in [2.75, 3.05) is 18.7 Å². The molecule has 0 saturated carbocycles. The van der Waals surface area contributed by atoms with Gasteiger partial charge in [-0.3, -0.25) is 15.2 Å². The summed E-state index contributed by atoms with van der Waals surface area (Å²) in [6.45, 7) is 6.11. The number of hydrogen-bond donors (Lipinski definition) is 2. The molecule has 0 aliphatic carbocycles. The molecule has 0 unspecified atom stereocenters. The van der Waals surface area contributed by atoms with Gasteiger partial charge in [-0.1, -0.05) is 17.7 Å². The second-order valence-electron chi connectivity index (χ2n) is 6.41. The van der Waals surface area contributed by atoms with Crippen LogP contribution in [0.3, 0.4) is 0 Å². The van der Waals surface area contributed by atoms with Gasteiger partial charge in [-0.2, -0.15) is 0 Å². The van der Waals surface area contributed by atoms with Gasteiger partial charge in [-0.15, -0.1) is 0 Å². The maximum atomic E-state index is 4.59. The largest absolute Gasteiger partial charge is 0.343 e. The van der Waals surface area contributed by atoms with Crippen molar-refractivity contribution in [3.05, 3.63) is 59.5 Å². The van der Waals surface area contributed by atoms with E-state index in [1.165, 1.54) is 5.56 Å². The third-order valence-corrected chi connectivity index (χ3v) is 4.28. The fourth-order valence-electron chi connectivity index (χ4n) is 2.93. The molecule has 2 aromatic heterocycles. The summed E-state index contributed by atoms with van der Waals surface area (Å²) in [4.78, 5) is 20.2. The quantitative estimate of drug-likeness (QED) is 0.758. The number of nitrogens with zero attached hydrogens (tertiary/aromatic N) is 5. The number of aromatic nitrogens is 3. The zero-order valence-corrected chi connectivity index (χ0v) is 14.9. The van der Waals surface area contributed by atoms with Gasteiger partial charge in [0.2, 0.25) is 11.9 Å². The smallest absolute Gasteiger partial charge is 0.230 e. The topological polar surface area (TPSA) is 78.3 Å². The fourth-order valence-corrected chi connectivity index (χ4v) is 2.93. The van der Waals surface area contributed by atoms with Crippen molar-refractivity contribution in [1.82, 2.24) is 25.2 Å². The number of guanidine groups is 1. The molecular formula is C19H21N7. The lowest BCUT2D eigenvalue weighted by Gasteiger charge is -2.26. The molecule has 2 N–H and O–H groups in total. The van der Waals surface area contributed by atoms with Crippen LogP contribution >= 0.6 is 0 Å². The number of nitrogens with one attached hydrogen (secondary N) is 2. The van der Waals surface area contributed by atoms with Crippen LogP contribution in [0.15, 0.2) is 47.6 Å². The lowest BCUT2D eigenvalue weighted by molar-refractivity contribution is 0.254. The zero-order valence-electron chi connectivity index (χ0n) is 14.9. The highest BCUT2D eigenvalue weighted by atomic mass is 15.4. The molecule has 1 aliphatic rings. The Morgan fingerprint density at radius 3 is 2.85 bits per heavy atom. The molecule has 0 spiro atoms. The SMILES string of the molecule is Cc1ccc2nc(NC3=NCN(Cc4ccccn4)CN3)nc(C)c2c1. The van der Waals surface area contributed by atoms with E-state index >= 15 is 0 Å². The lowest BCUT2D eigenvalue weighted by atomic mass is 10.1. The summed E-state index contributed by atoms with van der Waals surface area (Å²) < 4.78 is 0. The van der Waals surface area contributed by atoms with Gasteiger partial charge >= 0.3 is 0 Å². The number of pyridine rings is 1. The Morgan fingerprint density at radius 2 is 2.08 bits per heavy atom. The van der Waals surface area contributed by atoms with Crippen molar-refractivity contribution in [3.63, 3.8) is 0 Å². The van der Waals surface area contributed by atoms with E-state index < -0.39 is 0 Å². The van der Waals surface area contributed by atoms with E-state index in [9.17, 15) is 0 Å². The molecule has 0 amide bonds. The van der Waals surface area contributed by atoms with Gasteiger partial charge in [0.05, 0.1) is 30.2 Å². The van der Waals surface area contributed by atoms with E-state index in [1.807, 2.05) is 37.4 Å². The molecule has 7 nitrogen and oxygen atoms in total. The highest BCUT2D eigenvalue weighted by molar-refractivity contribution is 5.93. The molecule has 1 aromatic carbocycles. The first-order valence-electron chi connectivity index (χ1n) is 8.60. The van der Waals surface area contributed by atoms with Crippen molar-refractivity contribution in [2.45, 2.75) is 20.4 Å². The van der Waals surface area contributed by atoms with Gasteiger partial charge in [0.1, 0.15) is 0 Å². The van der Waals surface area contributed by atoms with Crippen LogP contribution in [-0.4, -0.2) is 39.1 Å². The Labute approximate surface area is 152 Å². The summed E-state index contributed by atoms with van der Waals surface area (Å²) in [7, 11) is 0. The van der Waals surface area contributed by atoms with Crippen LogP contribution in [0.25, 0.3) is 10.9 Å². The molecule has 7 heteroatoms. The minimum absolute atomic E-state index is 0.559. The van der Waals surface area contributed by atoms with E-state index in [0.29, 0.717) is 25.2 Å². The van der Waals surface area contributed by atoms with Crippen molar-refractivity contribution in [2.24, 2.45) is 4.99 Å². The number of aliphatic imine (C=N–C) groups is 1. The van der Waals surface area contributed by atoms with E-state index in [0.717, 1.165) is 28.8 Å². The number of anilines is 1. The van der Waals surface area contributed by atoms with Crippen molar-refractivity contribution in [3.8, 4) is 0 Å². The number of benzene rings is 1. The Kier molecular flexibility index (Phi) is 4.45. The highest BCUT2D eigenvalue weighted by Crippen LogP contribution is 2.18. The standard InChI is InChI=1S/C19H21N7/c1-13-6-7-17-16(9-13)14(2)23-19(24-17)25-18-21-11-26(12-22-18)10-15-5-3-4-8-20-15/h3-9H,10-12H2,1-2H3,(H2,21,22,23,24,25). The average molecular weight is 347 g/mol.